The van der Waals surface area contributed by atoms with Crippen LogP contribution in [-0.2, 0) is 0 Å². The summed E-state index contributed by atoms with van der Waals surface area (Å²) in [5, 5.41) is 0. The minimum atomic E-state index is 0.281. The molecule has 2 rings (SSSR count). The molecular formula is C23H26. The molecule has 0 spiro atoms. The molecule has 0 heteroatoms. The van der Waals surface area contributed by atoms with Crippen LogP contribution in [0.4, 0.5) is 0 Å². The van der Waals surface area contributed by atoms with Gasteiger partial charge in [-0.05, 0) is 54.2 Å². The fourth-order valence-corrected chi connectivity index (χ4v) is 3.09. The number of hydrogen-bond donors (Lipinski definition) is 0. The Kier molecular flexibility index (Phi) is 5.39. The van der Waals surface area contributed by atoms with Gasteiger partial charge in [-0.15, -0.1) is 0 Å². The average Bonchev–Trinajstić information content (AvgIpc) is 2.55. The molecule has 0 aromatic heterocycles. The Bertz CT molecular complexity index is 742. The summed E-state index contributed by atoms with van der Waals surface area (Å²) in [5.41, 5.74) is 8.62. The Morgan fingerprint density at radius 3 is 2.17 bits per heavy atom. The molecule has 0 amide bonds. The highest BCUT2D eigenvalue weighted by Crippen LogP contribution is 2.37. The van der Waals surface area contributed by atoms with Crippen molar-refractivity contribution in [2.75, 3.05) is 0 Å². The van der Waals surface area contributed by atoms with Crippen LogP contribution < -0.4 is 0 Å². The lowest BCUT2D eigenvalue weighted by molar-refractivity contribution is 0.904. The van der Waals surface area contributed by atoms with Crippen molar-refractivity contribution < 1.29 is 0 Å². The van der Waals surface area contributed by atoms with E-state index in [1.54, 1.807) is 0 Å². The van der Waals surface area contributed by atoms with Gasteiger partial charge in [0.1, 0.15) is 0 Å². The van der Waals surface area contributed by atoms with Crippen molar-refractivity contribution in [2.45, 2.75) is 33.6 Å². The molecule has 0 aliphatic heterocycles. The van der Waals surface area contributed by atoms with E-state index in [9.17, 15) is 0 Å². The highest BCUT2D eigenvalue weighted by atomic mass is 14.2. The standard InChI is InChI=1S/C23H26/c1-7-17(3)23(19(5)21-14-12-16(2)13-15-21)20(6)22-11-9-8-10-18(22)4/h7-15,20H,1,5H2,2-4,6H3/b23-17-. The summed E-state index contributed by atoms with van der Waals surface area (Å²) in [4.78, 5) is 0. The summed E-state index contributed by atoms with van der Waals surface area (Å²) in [6, 6.07) is 17.1. The molecule has 0 heterocycles. The van der Waals surface area contributed by atoms with E-state index in [2.05, 4.69) is 89.4 Å². The van der Waals surface area contributed by atoms with Gasteiger partial charge in [0.25, 0.3) is 0 Å². The Balaban J connectivity index is 2.51. The van der Waals surface area contributed by atoms with Crippen LogP contribution in [0.1, 0.15) is 42.0 Å². The van der Waals surface area contributed by atoms with Crippen molar-refractivity contribution in [2.24, 2.45) is 0 Å². The molecule has 1 atom stereocenters. The van der Waals surface area contributed by atoms with Crippen LogP contribution in [0, 0.1) is 13.8 Å². The van der Waals surface area contributed by atoms with Crippen molar-refractivity contribution >= 4 is 5.57 Å². The zero-order valence-corrected chi connectivity index (χ0v) is 14.7. The minimum Gasteiger partial charge on any atom is -0.0988 e. The van der Waals surface area contributed by atoms with E-state index in [1.807, 2.05) is 6.08 Å². The van der Waals surface area contributed by atoms with E-state index in [0.717, 1.165) is 5.57 Å². The molecule has 2 aromatic rings. The number of benzene rings is 2. The fraction of sp³-hybridized carbons (Fsp3) is 0.217. The van der Waals surface area contributed by atoms with Crippen LogP contribution in [0.15, 0.2) is 78.9 Å². The molecule has 0 N–H and O–H groups in total. The lowest BCUT2D eigenvalue weighted by atomic mass is 9.81. The zero-order valence-electron chi connectivity index (χ0n) is 14.7. The second kappa shape index (κ2) is 7.28. The van der Waals surface area contributed by atoms with Crippen molar-refractivity contribution in [1.82, 2.24) is 0 Å². The second-order valence-corrected chi connectivity index (χ2v) is 6.22. The van der Waals surface area contributed by atoms with Crippen molar-refractivity contribution in [3.8, 4) is 0 Å². The minimum absolute atomic E-state index is 0.281. The molecule has 0 fully saturated rings. The third-order valence-electron chi connectivity index (χ3n) is 4.54. The molecule has 0 aliphatic rings. The summed E-state index contributed by atoms with van der Waals surface area (Å²) < 4.78 is 0. The lowest BCUT2D eigenvalue weighted by Gasteiger charge is -2.23. The smallest absolute Gasteiger partial charge is 0.00721 e. The van der Waals surface area contributed by atoms with Crippen molar-refractivity contribution in [3.63, 3.8) is 0 Å². The number of rotatable bonds is 5. The summed E-state index contributed by atoms with van der Waals surface area (Å²) in [6.07, 6.45) is 1.93. The van der Waals surface area contributed by atoms with Gasteiger partial charge in [-0.25, -0.2) is 0 Å². The molecule has 0 saturated carbocycles. The third kappa shape index (κ3) is 3.71. The summed E-state index contributed by atoms with van der Waals surface area (Å²) in [7, 11) is 0. The molecule has 2 aromatic carbocycles. The van der Waals surface area contributed by atoms with Gasteiger partial charge in [0.2, 0.25) is 0 Å². The Labute approximate surface area is 140 Å². The molecule has 23 heavy (non-hydrogen) atoms. The van der Waals surface area contributed by atoms with Gasteiger partial charge in [0.05, 0.1) is 0 Å². The summed E-state index contributed by atoms with van der Waals surface area (Å²) in [5.74, 6) is 0.281. The topological polar surface area (TPSA) is 0 Å². The normalized spacial score (nSPS) is 13.2. The van der Waals surface area contributed by atoms with Crippen LogP contribution in [-0.4, -0.2) is 0 Å². The number of allylic oxidation sites excluding steroid dienone is 4. The fourth-order valence-electron chi connectivity index (χ4n) is 3.09. The molecule has 0 radical (unpaired) electrons. The zero-order chi connectivity index (χ0) is 17.0. The molecule has 1 unspecified atom stereocenters. The molecule has 0 nitrogen and oxygen atoms in total. The Morgan fingerprint density at radius 2 is 1.61 bits per heavy atom. The van der Waals surface area contributed by atoms with Crippen LogP contribution in [0.25, 0.3) is 5.57 Å². The van der Waals surface area contributed by atoms with Gasteiger partial charge in [-0.1, -0.05) is 80.3 Å². The predicted octanol–water partition coefficient (Wildman–Crippen LogP) is 6.62. The maximum Gasteiger partial charge on any atom is 0.00721 e. The van der Waals surface area contributed by atoms with E-state index >= 15 is 0 Å². The van der Waals surface area contributed by atoms with E-state index in [0.29, 0.717) is 0 Å². The Morgan fingerprint density at radius 1 is 1.00 bits per heavy atom. The Hall–Kier alpha value is -2.34. The molecular weight excluding hydrogens is 276 g/mol. The van der Waals surface area contributed by atoms with Gasteiger partial charge in [0.15, 0.2) is 0 Å². The second-order valence-electron chi connectivity index (χ2n) is 6.22. The van der Waals surface area contributed by atoms with Crippen LogP contribution in [0.3, 0.4) is 0 Å². The van der Waals surface area contributed by atoms with Crippen molar-refractivity contribution in [3.05, 3.63) is 101 Å². The van der Waals surface area contributed by atoms with Gasteiger partial charge < -0.3 is 0 Å². The van der Waals surface area contributed by atoms with Gasteiger partial charge in [0, 0.05) is 5.92 Å². The van der Waals surface area contributed by atoms with Crippen LogP contribution in [0.2, 0.25) is 0 Å². The van der Waals surface area contributed by atoms with E-state index in [4.69, 9.17) is 0 Å². The van der Waals surface area contributed by atoms with E-state index < -0.39 is 0 Å². The van der Waals surface area contributed by atoms with Gasteiger partial charge >= 0.3 is 0 Å². The highest BCUT2D eigenvalue weighted by Gasteiger charge is 2.18. The lowest BCUT2D eigenvalue weighted by Crippen LogP contribution is -2.04. The number of hydrogen-bond acceptors (Lipinski definition) is 0. The largest absolute Gasteiger partial charge is 0.0988 e. The van der Waals surface area contributed by atoms with E-state index in [-0.39, 0.29) is 5.92 Å². The van der Waals surface area contributed by atoms with E-state index in [1.165, 1.54) is 33.4 Å². The quantitative estimate of drug-likeness (QED) is 0.544. The summed E-state index contributed by atoms with van der Waals surface area (Å²) in [6.45, 7) is 17.0. The maximum absolute atomic E-state index is 4.39. The first-order valence-electron chi connectivity index (χ1n) is 8.10. The molecule has 118 valence electrons. The predicted molar refractivity (Wildman–Crippen MR) is 103 cm³/mol. The van der Waals surface area contributed by atoms with Gasteiger partial charge in [-0.3, -0.25) is 0 Å². The first kappa shape index (κ1) is 17.0. The monoisotopic (exact) mass is 302 g/mol. The van der Waals surface area contributed by atoms with Crippen molar-refractivity contribution in [1.29, 1.82) is 0 Å². The summed E-state index contributed by atoms with van der Waals surface area (Å²) >= 11 is 0. The SMILES string of the molecule is C=C/C(C)=C(/C(=C)c1ccc(C)cc1)C(C)c1ccccc1C. The molecule has 0 bridgehead atoms. The third-order valence-corrected chi connectivity index (χ3v) is 4.54. The number of aryl methyl sites for hydroxylation is 2. The first-order chi connectivity index (χ1) is 11.0. The maximum atomic E-state index is 4.39. The average molecular weight is 302 g/mol. The molecule has 0 aliphatic carbocycles. The van der Waals surface area contributed by atoms with Crippen LogP contribution >= 0.6 is 0 Å². The van der Waals surface area contributed by atoms with Crippen LogP contribution in [0.5, 0.6) is 0 Å². The molecule has 0 saturated heterocycles. The van der Waals surface area contributed by atoms with Gasteiger partial charge in [-0.2, -0.15) is 0 Å². The first-order valence-corrected chi connectivity index (χ1v) is 8.10. The highest BCUT2D eigenvalue weighted by molar-refractivity contribution is 5.80.